The topological polar surface area (TPSA) is 66.8 Å². The van der Waals surface area contributed by atoms with E-state index in [1.807, 2.05) is 19.1 Å². The highest BCUT2D eigenvalue weighted by Crippen LogP contribution is 2.44. The highest BCUT2D eigenvalue weighted by molar-refractivity contribution is 6.51. The van der Waals surface area contributed by atoms with Gasteiger partial charge in [0.05, 0.1) is 18.7 Å². The highest BCUT2D eigenvalue weighted by Gasteiger charge is 2.47. The SMILES string of the molecule is COc1ccccc1C1/C(=C(/O)c2cccc(Cl)c2)C(=O)C(=O)N1c1ccc(C)cc1. The molecule has 3 aromatic carbocycles. The van der Waals surface area contributed by atoms with E-state index in [2.05, 4.69) is 0 Å². The molecule has 4 rings (SSSR count). The first-order valence-corrected chi connectivity index (χ1v) is 10.1. The quantitative estimate of drug-likeness (QED) is 0.345. The van der Waals surface area contributed by atoms with Gasteiger partial charge in [0.15, 0.2) is 0 Å². The number of hydrogen-bond donors (Lipinski definition) is 1. The van der Waals surface area contributed by atoms with Crippen LogP contribution in [0.5, 0.6) is 5.75 Å². The molecule has 0 radical (unpaired) electrons. The van der Waals surface area contributed by atoms with E-state index in [1.165, 1.54) is 12.0 Å². The third kappa shape index (κ3) is 3.68. The summed E-state index contributed by atoms with van der Waals surface area (Å²) in [5, 5.41) is 11.5. The highest BCUT2D eigenvalue weighted by atomic mass is 35.5. The zero-order valence-corrected chi connectivity index (χ0v) is 17.8. The number of aliphatic hydroxyl groups is 1. The number of hydrogen-bond acceptors (Lipinski definition) is 4. The Labute approximate surface area is 185 Å². The van der Waals surface area contributed by atoms with Gasteiger partial charge in [-0.25, -0.2) is 0 Å². The molecule has 6 heteroatoms. The summed E-state index contributed by atoms with van der Waals surface area (Å²) >= 11 is 6.09. The molecule has 1 unspecified atom stereocenters. The fourth-order valence-electron chi connectivity index (χ4n) is 3.78. The zero-order chi connectivity index (χ0) is 22.1. The number of rotatable bonds is 4. The number of ether oxygens (including phenoxy) is 1. The van der Waals surface area contributed by atoms with E-state index in [1.54, 1.807) is 60.7 Å². The maximum atomic E-state index is 13.2. The normalized spacial score (nSPS) is 17.8. The fourth-order valence-corrected chi connectivity index (χ4v) is 3.97. The third-order valence-electron chi connectivity index (χ3n) is 5.29. The van der Waals surface area contributed by atoms with E-state index in [4.69, 9.17) is 16.3 Å². The van der Waals surface area contributed by atoms with Crippen molar-refractivity contribution in [1.82, 2.24) is 0 Å². The zero-order valence-electron chi connectivity index (χ0n) is 17.0. The second-order valence-electron chi connectivity index (χ2n) is 7.26. The minimum atomic E-state index is -0.863. The molecule has 0 saturated carbocycles. The van der Waals surface area contributed by atoms with Gasteiger partial charge < -0.3 is 9.84 Å². The van der Waals surface area contributed by atoms with Crippen molar-refractivity contribution < 1.29 is 19.4 Å². The van der Waals surface area contributed by atoms with E-state index in [0.29, 0.717) is 27.6 Å². The number of carbonyl (C=O) groups excluding carboxylic acids is 2. The smallest absolute Gasteiger partial charge is 0.300 e. The Bertz CT molecular complexity index is 1200. The van der Waals surface area contributed by atoms with Crippen molar-refractivity contribution in [3.8, 4) is 5.75 Å². The van der Waals surface area contributed by atoms with Crippen molar-refractivity contribution in [1.29, 1.82) is 0 Å². The second-order valence-corrected chi connectivity index (χ2v) is 7.69. The predicted molar refractivity (Wildman–Crippen MR) is 120 cm³/mol. The van der Waals surface area contributed by atoms with Gasteiger partial charge in [0.1, 0.15) is 11.5 Å². The number of aliphatic hydroxyl groups excluding tert-OH is 1. The number of Topliss-reactive ketones (excluding diaryl/α,β-unsaturated/α-hetero) is 1. The number of ketones is 1. The molecule has 3 aromatic rings. The first kappa shape index (κ1) is 20.7. The van der Waals surface area contributed by atoms with Gasteiger partial charge in [-0.05, 0) is 37.3 Å². The molecule has 1 saturated heterocycles. The van der Waals surface area contributed by atoms with Gasteiger partial charge in [0, 0.05) is 21.8 Å². The number of amides is 1. The standard InChI is InChI=1S/C25H20ClNO4/c1-15-10-12-18(13-11-15)27-22(19-8-3-4-9-20(19)31-2)21(24(29)25(27)30)23(28)16-6-5-7-17(26)14-16/h3-14,22,28H,1-2H3/b23-21-. The number of anilines is 1. The molecule has 156 valence electrons. The maximum Gasteiger partial charge on any atom is 0.300 e. The van der Waals surface area contributed by atoms with Crippen LogP contribution in [0.1, 0.15) is 22.7 Å². The van der Waals surface area contributed by atoms with Crippen LogP contribution in [0.25, 0.3) is 5.76 Å². The molecule has 1 fully saturated rings. The Morgan fingerprint density at radius 3 is 2.39 bits per heavy atom. The molecule has 0 aromatic heterocycles. The lowest BCUT2D eigenvalue weighted by Crippen LogP contribution is -2.29. The van der Waals surface area contributed by atoms with Crippen LogP contribution in [0.3, 0.4) is 0 Å². The summed E-state index contributed by atoms with van der Waals surface area (Å²) in [5.74, 6) is -1.27. The molecule has 31 heavy (non-hydrogen) atoms. The summed E-state index contributed by atoms with van der Waals surface area (Å²) in [6, 6.07) is 20.1. The predicted octanol–water partition coefficient (Wildman–Crippen LogP) is 5.28. The van der Waals surface area contributed by atoms with Crippen molar-refractivity contribution in [3.05, 3.63) is 100 Å². The molecular formula is C25H20ClNO4. The molecule has 1 atom stereocenters. The number of halogens is 1. The third-order valence-corrected chi connectivity index (χ3v) is 5.52. The summed E-state index contributed by atoms with van der Waals surface area (Å²) in [5.41, 5.74) is 2.50. The van der Waals surface area contributed by atoms with Crippen LogP contribution in [0.4, 0.5) is 5.69 Å². The van der Waals surface area contributed by atoms with Crippen molar-refractivity contribution in [3.63, 3.8) is 0 Å². The summed E-state index contributed by atoms with van der Waals surface area (Å²) in [7, 11) is 1.52. The van der Waals surface area contributed by atoms with Crippen LogP contribution in [0.2, 0.25) is 5.02 Å². The van der Waals surface area contributed by atoms with Gasteiger partial charge in [-0.2, -0.15) is 0 Å². The number of carbonyl (C=O) groups is 2. The lowest BCUT2D eigenvalue weighted by molar-refractivity contribution is -0.132. The molecule has 5 nitrogen and oxygen atoms in total. The Hall–Kier alpha value is -3.57. The molecule has 1 N–H and O–H groups in total. The fraction of sp³-hybridized carbons (Fsp3) is 0.120. The lowest BCUT2D eigenvalue weighted by Gasteiger charge is -2.26. The largest absolute Gasteiger partial charge is 0.507 e. The number of aryl methyl sites for hydroxylation is 1. The minimum Gasteiger partial charge on any atom is -0.507 e. The summed E-state index contributed by atoms with van der Waals surface area (Å²) < 4.78 is 5.51. The van der Waals surface area contributed by atoms with E-state index < -0.39 is 17.7 Å². The lowest BCUT2D eigenvalue weighted by atomic mass is 9.94. The van der Waals surface area contributed by atoms with E-state index in [-0.39, 0.29) is 11.3 Å². The molecule has 1 heterocycles. The Kier molecular flexibility index (Phi) is 5.53. The van der Waals surface area contributed by atoms with Crippen molar-refractivity contribution in [2.24, 2.45) is 0 Å². The summed E-state index contributed by atoms with van der Waals surface area (Å²) in [4.78, 5) is 27.7. The number of methoxy groups -OCH3 is 1. The molecular weight excluding hydrogens is 414 g/mol. The van der Waals surface area contributed by atoms with Gasteiger partial charge in [0.2, 0.25) is 0 Å². The van der Waals surface area contributed by atoms with E-state index >= 15 is 0 Å². The Morgan fingerprint density at radius 1 is 1.00 bits per heavy atom. The molecule has 0 aliphatic carbocycles. The monoisotopic (exact) mass is 433 g/mol. The van der Waals surface area contributed by atoms with E-state index in [0.717, 1.165) is 5.56 Å². The molecule has 1 amide bonds. The average Bonchev–Trinajstić information content (AvgIpc) is 3.04. The van der Waals surface area contributed by atoms with Crippen LogP contribution in [-0.4, -0.2) is 23.9 Å². The molecule has 1 aliphatic heterocycles. The van der Waals surface area contributed by atoms with Gasteiger partial charge in [-0.15, -0.1) is 0 Å². The van der Waals surface area contributed by atoms with Gasteiger partial charge in [-0.1, -0.05) is 59.6 Å². The number of nitrogens with zero attached hydrogens (tertiary/aromatic N) is 1. The Morgan fingerprint density at radius 2 is 1.71 bits per heavy atom. The van der Waals surface area contributed by atoms with Crippen molar-refractivity contribution in [2.75, 3.05) is 12.0 Å². The molecule has 1 aliphatic rings. The van der Waals surface area contributed by atoms with Gasteiger partial charge >= 0.3 is 0 Å². The first-order valence-electron chi connectivity index (χ1n) is 9.69. The van der Waals surface area contributed by atoms with Crippen LogP contribution < -0.4 is 9.64 Å². The molecule has 0 spiro atoms. The van der Waals surface area contributed by atoms with Gasteiger partial charge in [-0.3, -0.25) is 14.5 Å². The first-order chi connectivity index (χ1) is 14.9. The number of benzene rings is 3. The van der Waals surface area contributed by atoms with Crippen LogP contribution in [0, 0.1) is 6.92 Å². The minimum absolute atomic E-state index is 0.0164. The van der Waals surface area contributed by atoms with Crippen molar-refractivity contribution >= 4 is 34.7 Å². The number of para-hydroxylation sites is 1. The van der Waals surface area contributed by atoms with Gasteiger partial charge in [0.25, 0.3) is 11.7 Å². The van der Waals surface area contributed by atoms with Crippen molar-refractivity contribution in [2.45, 2.75) is 13.0 Å². The van der Waals surface area contributed by atoms with Crippen LogP contribution in [0.15, 0.2) is 78.4 Å². The summed E-state index contributed by atoms with van der Waals surface area (Å²) in [6.45, 7) is 1.94. The van der Waals surface area contributed by atoms with Crippen LogP contribution >= 0.6 is 11.6 Å². The van der Waals surface area contributed by atoms with Crippen LogP contribution in [-0.2, 0) is 9.59 Å². The second kappa shape index (κ2) is 8.28. The Balaban J connectivity index is 1.99. The van der Waals surface area contributed by atoms with E-state index in [9.17, 15) is 14.7 Å². The maximum absolute atomic E-state index is 13.2. The summed E-state index contributed by atoms with van der Waals surface area (Å²) in [6.07, 6.45) is 0. The molecule has 0 bridgehead atoms. The average molecular weight is 434 g/mol.